The quantitative estimate of drug-likeness (QED) is 0.922. The Morgan fingerprint density at radius 1 is 1.22 bits per heavy atom. The molecule has 4 nitrogen and oxygen atoms in total. The van der Waals surface area contributed by atoms with E-state index in [1.165, 1.54) is 0 Å². The molecule has 0 atom stereocenters. The van der Waals surface area contributed by atoms with Gasteiger partial charge in [-0.25, -0.2) is 4.98 Å². The van der Waals surface area contributed by atoms with Gasteiger partial charge in [0.2, 0.25) is 0 Å². The molecule has 2 aromatic rings. The van der Waals surface area contributed by atoms with Gasteiger partial charge in [-0.1, -0.05) is 0 Å². The maximum Gasteiger partial charge on any atom is 0.128 e. The molecular formula is C13H16N2O2S. The highest BCUT2D eigenvalue weighted by Crippen LogP contribution is 2.38. The zero-order valence-electron chi connectivity index (χ0n) is 10.7. The number of thiazole rings is 1. The zero-order chi connectivity index (χ0) is 13.1. The molecule has 0 unspecified atom stereocenters. The number of nitrogens with zero attached hydrogens (tertiary/aromatic N) is 1. The summed E-state index contributed by atoms with van der Waals surface area (Å²) in [6.45, 7) is 2.44. The Morgan fingerprint density at radius 3 is 2.50 bits per heavy atom. The molecule has 1 heterocycles. The van der Waals surface area contributed by atoms with E-state index in [0.29, 0.717) is 6.54 Å². The van der Waals surface area contributed by atoms with Gasteiger partial charge in [0.25, 0.3) is 0 Å². The second-order valence-electron chi connectivity index (χ2n) is 3.84. The molecule has 0 aliphatic heterocycles. The lowest BCUT2D eigenvalue weighted by Gasteiger charge is -2.11. The van der Waals surface area contributed by atoms with Crippen molar-refractivity contribution in [1.29, 1.82) is 0 Å². The zero-order valence-corrected chi connectivity index (χ0v) is 11.5. The Bertz CT molecular complexity index is 552. The van der Waals surface area contributed by atoms with E-state index in [1.54, 1.807) is 25.6 Å². The highest BCUT2D eigenvalue weighted by Gasteiger charge is 2.13. The normalized spacial score (nSPS) is 10.4. The minimum Gasteiger partial charge on any atom is -0.496 e. The fourth-order valence-electron chi connectivity index (χ4n) is 1.77. The van der Waals surface area contributed by atoms with Crippen molar-refractivity contribution in [2.45, 2.75) is 13.5 Å². The van der Waals surface area contributed by atoms with E-state index >= 15 is 0 Å². The van der Waals surface area contributed by atoms with Gasteiger partial charge in [0, 0.05) is 18.3 Å². The molecule has 1 aromatic heterocycles. The number of methoxy groups -OCH3 is 2. The molecule has 0 spiro atoms. The topological polar surface area (TPSA) is 57.4 Å². The summed E-state index contributed by atoms with van der Waals surface area (Å²) in [5.74, 6) is 1.66. The van der Waals surface area contributed by atoms with Crippen molar-refractivity contribution in [3.63, 3.8) is 0 Å². The average molecular weight is 264 g/mol. The van der Waals surface area contributed by atoms with E-state index in [4.69, 9.17) is 15.2 Å². The first-order valence-electron chi connectivity index (χ1n) is 5.57. The van der Waals surface area contributed by atoms with E-state index in [0.717, 1.165) is 32.5 Å². The van der Waals surface area contributed by atoms with Gasteiger partial charge in [0.15, 0.2) is 0 Å². The molecule has 2 rings (SSSR count). The number of hydrogen-bond acceptors (Lipinski definition) is 5. The number of aromatic nitrogens is 1. The van der Waals surface area contributed by atoms with Gasteiger partial charge in [0.05, 0.1) is 19.1 Å². The van der Waals surface area contributed by atoms with Crippen LogP contribution in [0.4, 0.5) is 0 Å². The molecule has 0 amide bonds. The van der Waals surface area contributed by atoms with Crippen LogP contribution in [0.15, 0.2) is 18.3 Å². The van der Waals surface area contributed by atoms with Crippen molar-refractivity contribution in [2.24, 2.45) is 5.73 Å². The van der Waals surface area contributed by atoms with Crippen molar-refractivity contribution < 1.29 is 9.47 Å². The van der Waals surface area contributed by atoms with Crippen LogP contribution in [0.3, 0.4) is 0 Å². The monoisotopic (exact) mass is 264 g/mol. The van der Waals surface area contributed by atoms with Crippen molar-refractivity contribution in [2.75, 3.05) is 14.2 Å². The lowest BCUT2D eigenvalue weighted by molar-refractivity contribution is 0.402. The molecule has 0 radical (unpaired) electrons. The van der Waals surface area contributed by atoms with Crippen LogP contribution in [0, 0.1) is 6.92 Å². The summed E-state index contributed by atoms with van der Waals surface area (Å²) < 4.78 is 10.8. The van der Waals surface area contributed by atoms with E-state index in [-0.39, 0.29) is 0 Å². The first-order chi connectivity index (χ1) is 8.69. The van der Waals surface area contributed by atoms with Crippen LogP contribution in [0.1, 0.15) is 10.6 Å². The standard InChI is InChI=1S/C13H16N2O2S/c1-8-4-11(17-3)9(5-10(8)16-2)12-7-15-13(6-14)18-12/h4-5,7H,6,14H2,1-3H3. The summed E-state index contributed by atoms with van der Waals surface area (Å²) >= 11 is 1.57. The first-order valence-corrected chi connectivity index (χ1v) is 6.39. The summed E-state index contributed by atoms with van der Waals surface area (Å²) in [6.07, 6.45) is 1.82. The Labute approximate surface area is 110 Å². The van der Waals surface area contributed by atoms with Crippen LogP contribution in [0.2, 0.25) is 0 Å². The van der Waals surface area contributed by atoms with Gasteiger partial charge in [0.1, 0.15) is 16.5 Å². The Kier molecular flexibility index (Phi) is 3.84. The maximum absolute atomic E-state index is 5.58. The number of benzene rings is 1. The molecular weight excluding hydrogens is 248 g/mol. The van der Waals surface area contributed by atoms with E-state index in [2.05, 4.69) is 4.98 Å². The average Bonchev–Trinajstić information content (AvgIpc) is 2.87. The van der Waals surface area contributed by atoms with E-state index in [9.17, 15) is 0 Å². The first kappa shape index (κ1) is 12.9. The molecule has 2 N–H and O–H groups in total. The van der Waals surface area contributed by atoms with Gasteiger partial charge >= 0.3 is 0 Å². The highest BCUT2D eigenvalue weighted by molar-refractivity contribution is 7.15. The van der Waals surface area contributed by atoms with Crippen molar-refractivity contribution in [3.8, 4) is 21.9 Å². The fraction of sp³-hybridized carbons (Fsp3) is 0.308. The smallest absolute Gasteiger partial charge is 0.128 e. The van der Waals surface area contributed by atoms with Crippen molar-refractivity contribution in [3.05, 3.63) is 28.9 Å². The Morgan fingerprint density at radius 2 is 1.94 bits per heavy atom. The molecule has 1 aromatic carbocycles. The summed E-state index contributed by atoms with van der Waals surface area (Å²) in [5.41, 5.74) is 7.61. The summed E-state index contributed by atoms with van der Waals surface area (Å²) in [7, 11) is 3.33. The molecule has 0 saturated heterocycles. The number of hydrogen-bond donors (Lipinski definition) is 1. The van der Waals surface area contributed by atoms with Crippen molar-refractivity contribution >= 4 is 11.3 Å². The molecule has 0 aliphatic carbocycles. The molecule has 96 valence electrons. The van der Waals surface area contributed by atoms with Gasteiger partial charge in [-0.2, -0.15) is 0 Å². The van der Waals surface area contributed by atoms with Crippen LogP contribution in [-0.2, 0) is 6.54 Å². The predicted molar refractivity (Wildman–Crippen MR) is 73.3 cm³/mol. The third kappa shape index (κ3) is 2.32. The van der Waals surface area contributed by atoms with E-state index in [1.807, 2.05) is 25.3 Å². The lowest BCUT2D eigenvalue weighted by Crippen LogP contribution is -1.93. The minimum absolute atomic E-state index is 0.454. The number of nitrogens with two attached hydrogens (primary N) is 1. The highest BCUT2D eigenvalue weighted by atomic mass is 32.1. The second-order valence-corrected chi connectivity index (χ2v) is 4.96. The van der Waals surface area contributed by atoms with Gasteiger partial charge in [-0.05, 0) is 24.6 Å². The minimum atomic E-state index is 0.454. The summed E-state index contributed by atoms with van der Waals surface area (Å²) in [4.78, 5) is 5.29. The van der Waals surface area contributed by atoms with Crippen LogP contribution in [-0.4, -0.2) is 19.2 Å². The number of rotatable bonds is 4. The van der Waals surface area contributed by atoms with E-state index < -0.39 is 0 Å². The largest absolute Gasteiger partial charge is 0.496 e. The molecule has 0 saturated carbocycles. The summed E-state index contributed by atoms with van der Waals surface area (Å²) in [5, 5.41) is 0.909. The predicted octanol–water partition coefficient (Wildman–Crippen LogP) is 2.59. The number of ether oxygens (including phenoxy) is 2. The Balaban J connectivity index is 2.54. The SMILES string of the molecule is COc1cc(-c2cnc(CN)s2)c(OC)cc1C. The lowest BCUT2D eigenvalue weighted by atomic mass is 10.1. The number of aryl methyl sites for hydroxylation is 1. The molecule has 0 bridgehead atoms. The fourth-order valence-corrected chi connectivity index (χ4v) is 2.59. The molecule has 5 heteroatoms. The Hall–Kier alpha value is -1.59. The van der Waals surface area contributed by atoms with Crippen LogP contribution >= 0.6 is 11.3 Å². The molecule has 18 heavy (non-hydrogen) atoms. The third-order valence-electron chi connectivity index (χ3n) is 2.71. The molecule has 0 aliphatic rings. The van der Waals surface area contributed by atoms with Crippen LogP contribution in [0.5, 0.6) is 11.5 Å². The second kappa shape index (κ2) is 5.37. The van der Waals surface area contributed by atoms with Crippen LogP contribution in [0.25, 0.3) is 10.4 Å². The van der Waals surface area contributed by atoms with Gasteiger partial charge < -0.3 is 15.2 Å². The summed E-state index contributed by atoms with van der Waals surface area (Å²) in [6, 6.07) is 3.94. The third-order valence-corrected chi connectivity index (χ3v) is 3.76. The maximum atomic E-state index is 5.58. The molecule has 0 fully saturated rings. The van der Waals surface area contributed by atoms with Gasteiger partial charge in [-0.3, -0.25) is 0 Å². The van der Waals surface area contributed by atoms with Crippen molar-refractivity contribution in [1.82, 2.24) is 4.98 Å². The van der Waals surface area contributed by atoms with Crippen LogP contribution < -0.4 is 15.2 Å². The van der Waals surface area contributed by atoms with Gasteiger partial charge in [-0.15, -0.1) is 11.3 Å².